The summed E-state index contributed by atoms with van der Waals surface area (Å²) in [5.41, 5.74) is 2.49. The standard InChI is InChI=1S/C18H16N2O3/c1-12-7-6-8-13(2)16(12)17(22)20-15(21)11-19(18(20)23)14-9-4-3-5-10-14/h3-10H,11H2,1-2H3. The largest absolute Gasteiger partial charge is 0.338 e. The Morgan fingerprint density at radius 1 is 0.913 bits per heavy atom. The topological polar surface area (TPSA) is 57.7 Å². The van der Waals surface area contributed by atoms with Gasteiger partial charge in [0.1, 0.15) is 6.54 Å². The molecule has 1 aliphatic rings. The second kappa shape index (κ2) is 5.68. The second-order valence-electron chi connectivity index (χ2n) is 5.51. The number of rotatable bonds is 2. The van der Waals surface area contributed by atoms with Gasteiger partial charge in [0.25, 0.3) is 11.8 Å². The van der Waals surface area contributed by atoms with Gasteiger partial charge in [-0.3, -0.25) is 14.5 Å². The maximum absolute atomic E-state index is 12.7. The van der Waals surface area contributed by atoms with Gasteiger partial charge < -0.3 is 0 Å². The number of imide groups is 3. The molecule has 5 heteroatoms. The molecule has 0 aromatic heterocycles. The van der Waals surface area contributed by atoms with Gasteiger partial charge in [-0.05, 0) is 37.1 Å². The van der Waals surface area contributed by atoms with Crippen molar-refractivity contribution < 1.29 is 14.4 Å². The van der Waals surface area contributed by atoms with E-state index in [9.17, 15) is 14.4 Å². The third kappa shape index (κ3) is 2.50. The molecule has 116 valence electrons. The van der Waals surface area contributed by atoms with E-state index in [2.05, 4.69) is 0 Å². The highest BCUT2D eigenvalue weighted by atomic mass is 16.2. The second-order valence-corrected chi connectivity index (χ2v) is 5.51. The molecule has 23 heavy (non-hydrogen) atoms. The molecule has 0 atom stereocenters. The molecule has 0 radical (unpaired) electrons. The van der Waals surface area contributed by atoms with Crippen molar-refractivity contribution in [3.05, 3.63) is 65.2 Å². The lowest BCUT2D eigenvalue weighted by Crippen LogP contribution is -2.38. The molecule has 1 heterocycles. The minimum absolute atomic E-state index is 0.125. The first-order valence-corrected chi connectivity index (χ1v) is 7.30. The van der Waals surface area contributed by atoms with E-state index in [1.165, 1.54) is 4.90 Å². The van der Waals surface area contributed by atoms with Crippen LogP contribution >= 0.6 is 0 Å². The number of carbonyl (C=O) groups is 3. The Kier molecular flexibility index (Phi) is 3.70. The molecule has 0 unspecified atom stereocenters. The Balaban J connectivity index is 1.96. The van der Waals surface area contributed by atoms with Crippen molar-refractivity contribution in [2.24, 2.45) is 0 Å². The molecule has 1 saturated heterocycles. The summed E-state index contributed by atoms with van der Waals surface area (Å²) in [5, 5.41) is 0. The fourth-order valence-electron chi connectivity index (χ4n) is 2.77. The van der Waals surface area contributed by atoms with Crippen LogP contribution in [0.2, 0.25) is 0 Å². The summed E-state index contributed by atoms with van der Waals surface area (Å²) in [4.78, 5) is 39.6. The highest BCUT2D eigenvalue weighted by molar-refractivity contribution is 6.25. The molecular weight excluding hydrogens is 292 g/mol. The minimum Gasteiger partial charge on any atom is -0.284 e. The lowest BCUT2D eigenvalue weighted by Gasteiger charge is -2.17. The third-order valence-corrected chi connectivity index (χ3v) is 3.93. The Labute approximate surface area is 134 Å². The number of nitrogens with zero attached hydrogens (tertiary/aromatic N) is 2. The molecule has 0 spiro atoms. The number of aryl methyl sites for hydroxylation is 2. The zero-order valence-electron chi connectivity index (χ0n) is 12.9. The average Bonchev–Trinajstić information content (AvgIpc) is 2.82. The van der Waals surface area contributed by atoms with E-state index in [4.69, 9.17) is 0 Å². The monoisotopic (exact) mass is 308 g/mol. The molecule has 1 fully saturated rings. The Hall–Kier alpha value is -2.95. The molecule has 0 aliphatic carbocycles. The van der Waals surface area contributed by atoms with Crippen LogP contribution in [0.4, 0.5) is 10.5 Å². The van der Waals surface area contributed by atoms with Crippen LogP contribution in [-0.2, 0) is 4.79 Å². The fraction of sp³-hybridized carbons (Fsp3) is 0.167. The van der Waals surface area contributed by atoms with Gasteiger partial charge in [0.15, 0.2) is 0 Å². The first-order valence-electron chi connectivity index (χ1n) is 7.30. The number of para-hydroxylation sites is 1. The lowest BCUT2D eigenvalue weighted by atomic mass is 10.0. The number of benzene rings is 2. The molecule has 0 bridgehead atoms. The molecule has 0 saturated carbocycles. The molecule has 1 aliphatic heterocycles. The van der Waals surface area contributed by atoms with E-state index in [0.29, 0.717) is 11.3 Å². The van der Waals surface area contributed by atoms with Crippen LogP contribution in [0.5, 0.6) is 0 Å². The zero-order chi connectivity index (χ0) is 16.6. The van der Waals surface area contributed by atoms with E-state index >= 15 is 0 Å². The third-order valence-electron chi connectivity index (χ3n) is 3.93. The van der Waals surface area contributed by atoms with Crippen molar-refractivity contribution in [1.29, 1.82) is 0 Å². The maximum Gasteiger partial charge on any atom is 0.338 e. The normalized spacial score (nSPS) is 14.5. The molecule has 2 aromatic rings. The number of urea groups is 1. The number of hydrogen-bond acceptors (Lipinski definition) is 3. The average molecular weight is 308 g/mol. The van der Waals surface area contributed by atoms with Crippen molar-refractivity contribution in [2.45, 2.75) is 13.8 Å². The number of amides is 4. The van der Waals surface area contributed by atoms with E-state index in [1.807, 2.05) is 12.1 Å². The number of carbonyl (C=O) groups excluding carboxylic acids is 3. The summed E-state index contributed by atoms with van der Waals surface area (Å²) in [6, 6.07) is 13.7. The molecule has 2 aromatic carbocycles. The fourth-order valence-corrected chi connectivity index (χ4v) is 2.77. The Bertz CT molecular complexity index is 779. The van der Waals surface area contributed by atoms with E-state index in [1.54, 1.807) is 50.2 Å². The van der Waals surface area contributed by atoms with Crippen LogP contribution in [0.1, 0.15) is 21.5 Å². The van der Waals surface area contributed by atoms with Gasteiger partial charge in [0, 0.05) is 11.3 Å². The SMILES string of the molecule is Cc1cccc(C)c1C(=O)N1C(=O)CN(c2ccccc2)C1=O. The summed E-state index contributed by atoms with van der Waals surface area (Å²) >= 11 is 0. The summed E-state index contributed by atoms with van der Waals surface area (Å²) in [5.74, 6) is -1.07. The van der Waals surface area contributed by atoms with Crippen molar-refractivity contribution in [3.63, 3.8) is 0 Å². The van der Waals surface area contributed by atoms with Crippen LogP contribution in [0, 0.1) is 13.8 Å². The number of anilines is 1. The van der Waals surface area contributed by atoms with Crippen LogP contribution in [0.25, 0.3) is 0 Å². The van der Waals surface area contributed by atoms with E-state index < -0.39 is 17.8 Å². The number of hydrogen-bond donors (Lipinski definition) is 0. The van der Waals surface area contributed by atoms with Crippen LogP contribution in [0.15, 0.2) is 48.5 Å². The Morgan fingerprint density at radius 3 is 2.13 bits per heavy atom. The molecule has 3 rings (SSSR count). The van der Waals surface area contributed by atoms with Gasteiger partial charge >= 0.3 is 6.03 Å². The minimum atomic E-state index is -0.603. The summed E-state index contributed by atoms with van der Waals surface area (Å²) in [6.45, 7) is 3.46. The molecular formula is C18H16N2O3. The van der Waals surface area contributed by atoms with Crippen molar-refractivity contribution in [2.75, 3.05) is 11.4 Å². The van der Waals surface area contributed by atoms with Gasteiger partial charge in [0.2, 0.25) is 0 Å². The molecule has 4 amide bonds. The first-order chi connectivity index (χ1) is 11.0. The maximum atomic E-state index is 12.7. The van der Waals surface area contributed by atoms with Crippen molar-refractivity contribution >= 4 is 23.5 Å². The summed E-state index contributed by atoms with van der Waals surface area (Å²) < 4.78 is 0. The van der Waals surface area contributed by atoms with Gasteiger partial charge in [0.05, 0.1) is 0 Å². The Morgan fingerprint density at radius 2 is 1.52 bits per heavy atom. The first kappa shape index (κ1) is 15.0. The zero-order valence-corrected chi connectivity index (χ0v) is 12.9. The summed E-state index contributed by atoms with van der Waals surface area (Å²) in [7, 11) is 0. The van der Waals surface area contributed by atoms with Gasteiger partial charge in [-0.1, -0.05) is 36.4 Å². The van der Waals surface area contributed by atoms with Crippen molar-refractivity contribution in [1.82, 2.24) is 4.90 Å². The molecule has 5 nitrogen and oxygen atoms in total. The van der Waals surface area contributed by atoms with Crippen LogP contribution in [-0.4, -0.2) is 29.3 Å². The summed E-state index contributed by atoms with van der Waals surface area (Å²) in [6.07, 6.45) is 0. The smallest absolute Gasteiger partial charge is 0.284 e. The van der Waals surface area contributed by atoms with Crippen LogP contribution < -0.4 is 4.90 Å². The highest BCUT2D eigenvalue weighted by Crippen LogP contribution is 2.24. The lowest BCUT2D eigenvalue weighted by molar-refractivity contribution is -0.123. The van der Waals surface area contributed by atoms with Gasteiger partial charge in [-0.2, -0.15) is 4.90 Å². The van der Waals surface area contributed by atoms with Crippen LogP contribution in [0.3, 0.4) is 0 Å². The van der Waals surface area contributed by atoms with E-state index in [-0.39, 0.29) is 6.54 Å². The highest BCUT2D eigenvalue weighted by Gasteiger charge is 2.42. The quantitative estimate of drug-likeness (QED) is 0.633. The predicted octanol–water partition coefficient (Wildman–Crippen LogP) is 2.91. The molecule has 0 N–H and O–H groups in total. The van der Waals surface area contributed by atoms with Crippen molar-refractivity contribution in [3.8, 4) is 0 Å². The van der Waals surface area contributed by atoms with Gasteiger partial charge in [-0.25, -0.2) is 4.79 Å². The van der Waals surface area contributed by atoms with Gasteiger partial charge in [-0.15, -0.1) is 0 Å². The predicted molar refractivity (Wildman–Crippen MR) is 86.3 cm³/mol. The van der Waals surface area contributed by atoms with E-state index in [0.717, 1.165) is 16.0 Å².